The summed E-state index contributed by atoms with van der Waals surface area (Å²) in [5.41, 5.74) is 0. The van der Waals surface area contributed by atoms with E-state index in [0.717, 1.165) is 6.42 Å². The highest BCUT2D eigenvalue weighted by Gasteiger charge is 2.09. The summed E-state index contributed by atoms with van der Waals surface area (Å²) in [6.45, 7) is 5.89. The molecule has 0 atom stereocenters. The first-order chi connectivity index (χ1) is 3.56. The van der Waals surface area contributed by atoms with E-state index < -0.39 is 5.79 Å². The van der Waals surface area contributed by atoms with Gasteiger partial charge in [0.2, 0.25) is 0 Å². The average molecular weight is 118 g/mol. The molecule has 1 N–H and O–H groups in total. The summed E-state index contributed by atoms with van der Waals surface area (Å²) < 4.78 is 4.93. The van der Waals surface area contributed by atoms with Crippen LogP contribution in [0.25, 0.3) is 0 Å². The van der Waals surface area contributed by atoms with Gasteiger partial charge < -0.3 is 9.84 Å². The van der Waals surface area contributed by atoms with E-state index >= 15 is 0 Å². The summed E-state index contributed by atoms with van der Waals surface area (Å²) in [7, 11) is 0. The van der Waals surface area contributed by atoms with E-state index in [0.29, 0.717) is 6.61 Å². The Hall–Kier alpha value is -0.0800. The zero-order valence-corrected chi connectivity index (χ0v) is 5.77. The van der Waals surface area contributed by atoms with Gasteiger partial charge in [-0.3, -0.25) is 0 Å². The highest BCUT2D eigenvalue weighted by Crippen LogP contribution is 2.02. The Morgan fingerprint density at radius 1 is 1.50 bits per heavy atom. The van der Waals surface area contributed by atoms with Crippen molar-refractivity contribution in [2.75, 3.05) is 6.61 Å². The van der Waals surface area contributed by atoms with Crippen LogP contribution in [0.15, 0.2) is 0 Å². The third-order valence-corrected chi connectivity index (χ3v) is 0.659. The molecule has 0 radical (unpaired) electrons. The SMILES string of the molecule is CCCOC(C)(C)O. The summed E-state index contributed by atoms with van der Waals surface area (Å²) in [5, 5.41) is 8.93. The topological polar surface area (TPSA) is 29.5 Å². The minimum Gasteiger partial charge on any atom is -0.366 e. The zero-order valence-electron chi connectivity index (χ0n) is 5.77. The van der Waals surface area contributed by atoms with Crippen molar-refractivity contribution < 1.29 is 9.84 Å². The Labute approximate surface area is 50.5 Å². The molecule has 0 rings (SSSR count). The van der Waals surface area contributed by atoms with Crippen molar-refractivity contribution in [3.63, 3.8) is 0 Å². The van der Waals surface area contributed by atoms with Crippen molar-refractivity contribution in [2.45, 2.75) is 33.0 Å². The predicted octanol–water partition coefficient (Wildman–Crippen LogP) is 1.14. The molecule has 0 bridgehead atoms. The lowest BCUT2D eigenvalue weighted by atomic mass is 10.4. The molecule has 0 aliphatic carbocycles. The first-order valence-corrected chi connectivity index (χ1v) is 2.92. The Morgan fingerprint density at radius 2 is 2.00 bits per heavy atom. The molecule has 8 heavy (non-hydrogen) atoms. The van der Waals surface area contributed by atoms with Gasteiger partial charge in [-0.05, 0) is 20.3 Å². The third kappa shape index (κ3) is 5.92. The highest BCUT2D eigenvalue weighted by atomic mass is 16.6. The van der Waals surface area contributed by atoms with E-state index in [2.05, 4.69) is 0 Å². The van der Waals surface area contributed by atoms with Crippen molar-refractivity contribution in [1.82, 2.24) is 0 Å². The molecular formula is C6H14O2. The second-order valence-electron chi connectivity index (χ2n) is 2.30. The molecule has 50 valence electrons. The first-order valence-electron chi connectivity index (χ1n) is 2.92. The van der Waals surface area contributed by atoms with Crippen LogP contribution in [0.2, 0.25) is 0 Å². The molecule has 0 saturated carbocycles. The molecular weight excluding hydrogens is 104 g/mol. The van der Waals surface area contributed by atoms with Gasteiger partial charge in [-0.15, -0.1) is 0 Å². The zero-order chi connectivity index (χ0) is 6.62. The molecule has 0 aliphatic heterocycles. The van der Waals surface area contributed by atoms with Crippen molar-refractivity contribution in [1.29, 1.82) is 0 Å². The van der Waals surface area contributed by atoms with Gasteiger partial charge in [-0.25, -0.2) is 0 Å². The second kappa shape index (κ2) is 3.05. The van der Waals surface area contributed by atoms with Gasteiger partial charge in [0.25, 0.3) is 0 Å². The molecule has 0 spiro atoms. The number of ether oxygens (including phenoxy) is 1. The van der Waals surface area contributed by atoms with E-state index in [9.17, 15) is 0 Å². The van der Waals surface area contributed by atoms with E-state index in [1.54, 1.807) is 13.8 Å². The smallest absolute Gasteiger partial charge is 0.159 e. The summed E-state index contributed by atoms with van der Waals surface area (Å²) in [4.78, 5) is 0. The summed E-state index contributed by atoms with van der Waals surface area (Å²) in [6, 6.07) is 0. The predicted molar refractivity (Wildman–Crippen MR) is 32.5 cm³/mol. The molecule has 2 nitrogen and oxygen atoms in total. The average Bonchev–Trinajstić information content (AvgIpc) is 1.59. The fourth-order valence-corrected chi connectivity index (χ4v) is 0.352. The van der Waals surface area contributed by atoms with Crippen LogP contribution in [0.4, 0.5) is 0 Å². The number of aliphatic hydroxyl groups is 1. The van der Waals surface area contributed by atoms with E-state index in [1.807, 2.05) is 6.92 Å². The highest BCUT2D eigenvalue weighted by molar-refractivity contribution is 4.46. The lowest BCUT2D eigenvalue weighted by Gasteiger charge is -2.16. The lowest BCUT2D eigenvalue weighted by molar-refractivity contribution is -0.175. The van der Waals surface area contributed by atoms with Crippen LogP contribution in [-0.4, -0.2) is 17.5 Å². The summed E-state index contributed by atoms with van der Waals surface area (Å²) in [5.74, 6) is -0.948. The van der Waals surface area contributed by atoms with Crippen LogP contribution in [0.1, 0.15) is 27.2 Å². The minimum atomic E-state index is -0.948. The molecule has 0 aromatic carbocycles. The second-order valence-corrected chi connectivity index (χ2v) is 2.30. The molecule has 0 unspecified atom stereocenters. The van der Waals surface area contributed by atoms with Crippen molar-refractivity contribution in [3.05, 3.63) is 0 Å². The third-order valence-electron chi connectivity index (χ3n) is 0.659. The maximum atomic E-state index is 8.93. The van der Waals surface area contributed by atoms with Crippen LogP contribution in [0.5, 0.6) is 0 Å². The molecule has 2 heteroatoms. The minimum absolute atomic E-state index is 0.628. The van der Waals surface area contributed by atoms with E-state index in [-0.39, 0.29) is 0 Å². The normalized spacial score (nSPS) is 12.0. The first kappa shape index (κ1) is 7.92. The number of rotatable bonds is 3. The van der Waals surface area contributed by atoms with Gasteiger partial charge >= 0.3 is 0 Å². The maximum Gasteiger partial charge on any atom is 0.159 e. The molecule has 0 amide bonds. The molecule has 0 saturated heterocycles. The molecule has 0 fully saturated rings. The Morgan fingerprint density at radius 3 is 2.12 bits per heavy atom. The fourth-order valence-electron chi connectivity index (χ4n) is 0.352. The van der Waals surface area contributed by atoms with Crippen LogP contribution in [0, 0.1) is 0 Å². The van der Waals surface area contributed by atoms with Crippen molar-refractivity contribution in [3.8, 4) is 0 Å². The number of hydrogen-bond donors (Lipinski definition) is 1. The molecule has 0 aromatic heterocycles. The van der Waals surface area contributed by atoms with E-state index in [4.69, 9.17) is 9.84 Å². The van der Waals surface area contributed by atoms with Gasteiger partial charge in [-0.2, -0.15) is 0 Å². The largest absolute Gasteiger partial charge is 0.366 e. The maximum absolute atomic E-state index is 8.93. The van der Waals surface area contributed by atoms with E-state index in [1.165, 1.54) is 0 Å². The Bertz CT molecular complexity index is 54.0. The Balaban J connectivity index is 3.11. The van der Waals surface area contributed by atoms with Crippen molar-refractivity contribution >= 4 is 0 Å². The molecule has 0 aliphatic rings. The quantitative estimate of drug-likeness (QED) is 0.563. The van der Waals surface area contributed by atoms with Crippen LogP contribution in [-0.2, 0) is 4.74 Å². The van der Waals surface area contributed by atoms with Crippen LogP contribution >= 0.6 is 0 Å². The van der Waals surface area contributed by atoms with Gasteiger partial charge in [0.15, 0.2) is 5.79 Å². The molecule has 0 aromatic rings. The summed E-state index contributed by atoms with van der Waals surface area (Å²) in [6.07, 6.45) is 0.948. The summed E-state index contributed by atoms with van der Waals surface area (Å²) >= 11 is 0. The van der Waals surface area contributed by atoms with Crippen molar-refractivity contribution in [2.24, 2.45) is 0 Å². The van der Waals surface area contributed by atoms with Crippen LogP contribution < -0.4 is 0 Å². The fraction of sp³-hybridized carbons (Fsp3) is 1.00. The van der Waals surface area contributed by atoms with Gasteiger partial charge in [-0.1, -0.05) is 6.92 Å². The Kier molecular flexibility index (Phi) is 3.02. The van der Waals surface area contributed by atoms with Crippen LogP contribution in [0.3, 0.4) is 0 Å². The van der Waals surface area contributed by atoms with Gasteiger partial charge in [0.1, 0.15) is 0 Å². The standard InChI is InChI=1S/C6H14O2/c1-4-5-8-6(2,3)7/h7H,4-5H2,1-3H3. The van der Waals surface area contributed by atoms with Gasteiger partial charge in [0, 0.05) is 6.61 Å². The van der Waals surface area contributed by atoms with Gasteiger partial charge in [0.05, 0.1) is 0 Å². The monoisotopic (exact) mass is 118 g/mol. The number of hydrogen-bond acceptors (Lipinski definition) is 2. The lowest BCUT2D eigenvalue weighted by Crippen LogP contribution is -2.23. The molecule has 0 heterocycles.